The number of carboxylic acid groups (broad SMARTS) is 1. The first-order valence-electron chi connectivity index (χ1n) is 12.5. The summed E-state index contributed by atoms with van der Waals surface area (Å²) < 4.78 is 18.2. The van der Waals surface area contributed by atoms with E-state index in [-0.39, 0.29) is 30.6 Å². The molecular formula is C24H37NO9S. The van der Waals surface area contributed by atoms with Crippen LogP contribution in [-0.4, -0.2) is 65.0 Å². The van der Waals surface area contributed by atoms with Crippen LogP contribution in [0, 0.1) is 23.7 Å². The van der Waals surface area contributed by atoms with Crippen LogP contribution in [0.25, 0.3) is 0 Å². The van der Waals surface area contributed by atoms with Gasteiger partial charge in [-0.25, -0.2) is 14.6 Å². The molecule has 35 heavy (non-hydrogen) atoms. The number of thioether (sulfide) groups is 1. The molecule has 1 aliphatic carbocycles. The average molecular weight is 516 g/mol. The Labute approximate surface area is 210 Å². The van der Waals surface area contributed by atoms with Crippen LogP contribution in [0.4, 0.5) is 0 Å². The highest BCUT2D eigenvalue weighted by atomic mass is 32.2. The molecule has 2 bridgehead atoms. The topological polar surface area (TPSA) is 130 Å². The third-order valence-electron chi connectivity index (χ3n) is 8.14. The minimum Gasteiger partial charge on any atom is -0.480 e. The van der Waals surface area contributed by atoms with Crippen LogP contribution >= 0.6 is 11.8 Å². The Morgan fingerprint density at radius 3 is 2.63 bits per heavy atom. The van der Waals surface area contributed by atoms with Crippen molar-refractivity contribution < 1.29 is 43.5 Å². The van der Waals surface area contributed by atoms with E-state index in [1.807, 2.05) is 20.1 Å². The van der Waals surface area contributed by atoms with E-state index in [1.165, 1.54) is 11.8 Å². The van der Waals surface area contributed by atoms with E-state index in [2.05, 4.69) is 12.2 Å². The minimum absolute atomic E-state index is 0.0268. The van der Waals surface area contributed by atoms with E-state index < -0.39 is 47.9 Å². The van der Waals surface area contributed by atoms with Gasteiger partial charge in [-0.1, -0.05) is 13.8 Å². The molecule has 0 aromatic rings. The summed E-state index contributed by atoms with van der Waals surface area (Å²) in [5.41, 5.74) is -0.738. The summed E-state index contributed by atoms with van der Waals surface area (Å²) in [6.07, 6.45) is 3.82. The molecule has 5 rings (SSSR count). The van der Waals surface area contributed by atoms with Crippen LogP contribution in [0.1, 0.15) is 65.7 Å². The molecule has 9 atom stereocenters. The zero-order valence-electron chi connectivity index (χ0n) is 20.8. The van der Waals surface area contributed by atoms with Crippen molar-refractivity contribution in [1.82, 2.24) is 5.32 Å². The third kappa shape index (κ3) is 5.20. The molecule has 1 spiro atoms. The second-order valence-electron chi connectivity index (χ2n) is 10.5. The van der Waals surface area contributed by atoms with Crippen molar-refractivity contribution in [2.75, 3.05) is 12.0 Å². The summed E-state index contributed by atoms with van der Waals surface area (Å²) in [6.45, 7) is 6.05. The van der Waals surface area contributed by atoms with Gasteiger partial charge in [0.15, 0.2) is 11.9 Å². The van der Waals surface area contributed by atoms with Gasteiger partial charge in [0.1, 0.15) is 6.04 Å². The van der Waals surface area contributed by atoms with Crippen LogP contribution in [-0.2, 0) is 38.4 Å². The van der Waals surface area contributed by atoms with Crippen molar-refractivity contribution in [3.05, 3.63) is 0 Å². The fourth-order valence-corrected chi connectivity index (χ4v) is 6.64. The predicted molar refractivity (Wildman–Crippen MR) is 125 cm³/mol. The lowest BCUT2D eigenvalue weighted by molar-refractivity contribution is -0.576. The van der Waals surface area contributed by atoms with Crippen molar-refractivity contribution in [3.63, 3.8) is 0 Å². The van der Waals surface area contributed by atoms with Crippen molar-refractivity contribution in [2.45, 2.75) is 95.7 Å². The molecule has 1 saturated carbocycles. The van der Waals surface area contributed by atoms with Crippen molar-refractivity contribution in [2.24, 2.45) is 23.7 Å². The second-order valence-corrected chi connectivity index (χ2v) is 11.5. The maximum absolute atomic E-state index is 12.6. The third-order valence-corrected chi connectivity index (χ3v) is 8.79. The van der Waals surface area contributed by atoms with Gasteiger partial charge in [-0.2, -0.15) is 11.8 Å². The molecule has 4 saturated heterocycles. The second kappa shape index (κ2) is 10.5. The molecular weight excluding hydrogens is 478 g/mol. The molecule has 0 aromatic heterocycles. The first kappa shape index (κ1) is 26.7. The number of nitrogens with one attached hydrogen (secondary N) is 1. The Morgan fingerprint density at radius 2 is 1.91 bits per heavy atom. The largest absolute Gasteiger partial charge is 0.480 e. The van der Waals surface area contributed by atoms with Crippen LogP contribution in [0.5, 0.6) is 0 Å². The normalized spacial score (nSPS) is 40.8. The number of hydrogen-bond donors (Lipinski definition) is 2. The number of carbonyl (C=O) groups is 3. The van der Waals surface area contributed by atoms with Gasteiger partial charge in [0, 0.05) is 24.7 Å². The Kier molecular flexibility index (Phi) is 8.02. The van der Waals surface area contributed by atoms with Crippen molar-refractivity contribution >= 4 is 29.6 Å². The molecule has 0 radical (unpaired) electrons. The molecule has 0 aromatic carbocycles. The molecule has 5 aliphatic rings. The van der Waals surface area contributed by atoms with Gasteiger partial charge in [-0.15, -0.1) is 0 Å². The highest BCUT2D eigenvalue weighted by Gasteiger charge is 2.69. The van der Waals surface area contributed by atoms with Gasteiger partial charge in [-0.3, -0.25) is 9.59 Å². The highest BCUT2D eigenvalue weighted by molar-refractivity contribution is 7.98. The Morgan fingerprint density at radius 1 is 1.14 bits per heavy atom. The summed E-state index contributed by atoms with van der Waals surface area (Å²) in [5, 5.41) is 11.8. The van der Waals surface area contributed by atoms with E-state index in [0.29, 0.717) is 24.5 Å². The molecule has 1 amide bonds. The lowest BCUT2D eigenvalue weighted by Gasteiger charge is -2.59. The van der Waals surface area contributed by atoms with E-state index >= 15 is 0 Å². The Balaban J connectivity index is 1.37. The predicted octanol–water partition coefficient (Wildman–Crippen LogP) is 2.84. The van der Waals surface area contributed by atoms with Gasteiger partial charge >= 0.3 is 11.9 Å². The summed E-state index contributed by atoms with van der Waals surface area (Å²) in [4.78, 5) is 48.1. The zero-order valence-corrected chi connectivity index (χ0v) is 21.6. The zero-order chi connectivity index (χ0) is 25.4. The van der Waals surface area contributed by atoms with E-state index in [4.69, 9.17) is 24.0 Å². The first-order valence-corrected chi connectivity index (χ1v) is 13.9. The molecule has 10 nitrogen and oxygen atoms in total. The van der Waals surface area contributed by atoms with E-state index in [1.54, 1.807) is 0 Å². The summed E-state index contributed by atoms with van der Waals surface area (Å²) in [5.74, 6) is -1.96. The van der Waals surface area contributed by atoms with Gasteiger partial charge in [0.25, 0.3) is 0 Å². The van der Waals surface area contributed by atoms with Crippen LogP contribution in [0.2, 0.25) is 0 Å². The number of rotatable bonds is 9. The number of fused-ring (bicyclic) bond motifs is 2. The average Bonchev–Trinajstić information content (AvgIpc) is 3.04. The molecule has 11 heteroatoms. The van der Waals surface area contributed by atoms with Gasteiger partial charge in [0.05, 0.1) is 6.42 Å². The first-order chi connectivity index (χ1) is 16.6. The van der Waals surface area contributed by atoms with Gasteiger partial charge in [-0.05, 0) is 56.5 Å². The van der Waals surface area contributed by atoms with Crippen molar-refractivity contribution in [3.8, 4) is 0 Å². The standard InChI is InChI=1S/C24H37NO9S/c1-13-5-6-16-14(2)21(31-22-24(16)15(13)9-11-23(3,32-22)33-34-24)30-19(27)8-7-18(26)25-17(20(28)29)10-12-35-4/h13-17,21-22H,5-12H2,1-4H3,(H,25,26)(H,28,29)/t13-,14-,15+,16+,17-,21-,22-,23+,24-/m1/s1. The monoisotopic (exact) mass is 515 g/mol. The SMILES string of the molecule is CSCC[C@@H](NC(=O)CCC(=O)O[C@@H]1O[C@@H]2O[C@]3(C)CC[C@H]4[C@H](C)CC[C@@H]([C@H]1C)[C@@]24OO3)C(=O)O. The lowest BCUT2D eigenvalue weighted by atomic mass is 9.58. The van der Waals surface area contributed by atoms with Crippen LogP contribution in [0.3, 0.4) is 0 Å². The van der Waals surface area contributed by atoms with Gasteiger partial charge in [0.2, 0.25) is 18.0 Å². The number of ether oxygens (including phenoxy) is 3. The summed E-state index contributed by atoms with van der Waals surface area (Å²) in [6, 6.07) is -0.975. The Hall–Kier alpha value is -1.40. The lowest BCUT2D eigenvalue weighted by Crippen LogP contribution is -2.70. The molecule has 4 heterocycles. The summed E-state index contributed by atoms with van der Waals surface area (Å²) in [7, 11) is 0. The van der Waals surface area contributed by atoms with Crippen LogP contribution in [0.15, 0.2) is 0 Å². The molecule has 5 fully saturated rings. The number of hydrogen-bond acceptors (Lipinski definition) is 9. The van der Waals surface area contributed by atoms with E-state index in [0.717, 1.165) is 19.3 Å². The molecule has 0 unspecified atom stereocenters. The smallest absolute Gasteiger partial charge is 0.326 e. The van der Waals surface area contributed by atoms with Gasteiger partial charge < -0.3 is 24.6 Å². The van der Waals surface area contributed by atoms with E-state index in [9.17, 15) is 19.5 Å². The minimum atomic E-state index is -1.09. The Bertz CT molecular complexity index is 827. The number of carbonyl (C=O) groups excluding carboxylic acids is 2. The van der Waals surface area contributed by atoms with Crippen LogP contribution < -0.4 is 5.32 Å². The summed E-state index contributed by atoms with van der Waals surface area (Å²) >= 11 is 1.50. The fraction of sp³-hybridized carbons (Fsp3) is 0.875. The molecule has 198 valence electrons. The maximum Gasteiger partial charge on any atom is 0.326 e. The molecule has 2 N–H and O–H groups in total. The maximum atomic E-state index is 12.6. The number of carboxylic acids is 1. The number of amides is 1. The molecule has 4 aliphatic heterocycles. The number of esters is 1. The fourth-order valence-electron chi connectivity index (χ4n) is 6.17. The highest BCUT2D eigenvalue weighted by Crippen LogP contribution is 2.60. The van der Waals surface area contributed by atoms with Crippen molar-refractivity contribution in [1.29, 1.82) is 0 Å². The number of aliphatic carboxylic acids is 1. The quantitative estimate of drug-likeness (QED) is 0.349.